The lowest BCUT2D eigenvalue weighted by Crippen LogP contribution is -2.47. The second kappa shape index (κ2) is 10.2. The van der Waals surface area contributed by atoms with Gasteiger partial charge in [0.1, 0.15) is 5.82 Å². The number of carbonyl (C=O) groups excluding carboxylic acids is 1. The van der Waals surface area contributed by atoms with E-state index in [4.69, 9.17) is 24.2 Å². The van der Waals surface area contributed by atoms with E-state index in [2.05, 4.69) is 9.80 Å². The van der Waals surface area contributed by atoms with Crippen LogP contribution in [-0.2, 0) is 6.42 Å². The van der Waals surface area contributed by atoms with Crippen molar-refractivity contribution in [3.63, 3.8) is 0 Å². The number of ketones is 1. The molecule has 1 aliphatic carbocycles. The van der Waals surface area contributed by atoms with Crippen LogP contribution in [0.1, 0.15) is 39.6 Å². The smallest absolute Gasteiger partial charge is 0.225 e. The third-order valence-electron chi connectivity index (χ3n) is 7.22. The largest absolute Gasteiger partial charge is 0.493 e. The van der Waals surface area contributed by atoms with Crippen molar-refractivity contribution in [2.24, 2.45) is 0 Å². The van der Waals surface area contributed by atoms with Crippen LogP contribution >= 0.6 is 0 Å². The van der Waals surface area contributed by atoms with Gasteiger partial charge in [-0.25, -0.2) is 14.4 Å². The minimum Gasteiger partial charge on any atom is -0.493 e. The van der Waals surface area contributed by atoms with Crippen LogP contribution in [0.4, 0.5) is 16.0 Å². The fourth-order valence-electron chi connectivity index (χ4n) is 5.29. The number of hydrogen-bond donors (Lipinski definition) is 0. The monoisotopic (exact) mass is 506 g/mol. The Morgan fingerprint density at radius 2 is 1.49 bits per heavy atom. The van der Waals surface area contributed by atoms with Crippen molar-refractivity contribution in [2.45, 2.75) is 25.7 Å². The number of ether oxygens (including phenoxy) is 3. The number of anilines is 2. The van der Waals surface area contributed by atoms with Crippen LogP contribution < -0.4 is 24.0 Å². The minimum atomic E-state index is -0.236. The number of halogens is 1. The minimum absolute atomic E-state index is 0.0465. The van der Waals surface area contributed by atoms with E-state index in [0.717, 1.165) is 43.1 Å². The first-order chi connectivity index (χ1) is 17.9. The average molecular weight is 507 g/mol. The van der Waals surface area contributed by atoms with Gasteiger partial charge in [0.15, 0.2) is 17.3 Å². The summed E-state index contributed by atoms with van der Waals surface area (Å²) in [5.41, 5.74) is 4.08. The second-order valence-electron chi connectivity index (χ2n) is 9.37. The van der Waals surface area contributed by atoms with E-state index >= 15 is 0 Å². The molecular weight excluding hydrogens is 475 g/mol. The maximum absolute atomic E-state index is 13.3. The fourth-order valence-corrected chi connectivity index (χ4v) is 5.29. The van der Waals surface area contributed by atoms with Crippen molar-refractivity contribution in [1.82, 2.24) is 9.97 Å². The Hall–Kier alpha value is -3.88. The van der Waals surface area contributed by atoms with Crippen LogP contribution in [0.3, 0.4) is 0 Å². The molecule has 0 N–H and O–H groups in total. The summed E-state index contributed by atoms with van der Waals surface area (Å²) >= 11 is 0. The van der Waals surface area contributed by atoms with Crippen molar-refractivity contribution < 1.29 is 23.4 Å². The maximum atomic E-state index is 13.3. The topological polar surface area (TPSA) is 77.0 Å². The van der Waals surface area contributed by atoms with Crippen LogP contribution in [0.2, 0.25) is 0 Å². The zero-order chi connectivity index (χ0) is 26.1. The summed E-state index contributed by atoms with van der Waals surface area (Å²) < 4.78 is 29.8. The lowest BCUT2D eigenvalue weighted by Gasteiger charge is -2.36. The molecule has 1 aliphatic heterocycles. The van der Waals surface area contributed by atoms with Crippen molar-refractivity contribution in [2.75, 3.05) is 57.3 Å². The SMILES string of the molecule is COc1cc([C@H]2CC(=O)c3c(C)nc(N4CCN(c5ccc(F)cc5)CC4)nc3C2)cc(OC)c1OC. The average Bonchev–Trinajstić information content (AvgIpc) is 2.92. The van der Waals surface area contributed by atoms with Crippen LogP contribution in [0.5, 0.6) is 17.2 Å². The van der Waals surface area contributed by atoms with Gasteiger partial charge in [0.25, 0.3) is 0 Å². The highest BCUT2D eigenvalue weighted by Gasteiger charge is 2.32. The molecular formula is C28H31FN4O4. The summed E-state index contributed by atoms with van der Waals surface area (Å²) in [6.45, 7) is 4.91. The van der Waals surface area contributed by atoms with E-state index < -0.39 is 0 Å². The van der Waals surface area contributed by atoms with Crippen molar-refractivity contribution in [1.29, 1.82) is 0 Å². The molecule has 9 heteroatoms. The number of nitrogens with zero attached hydrogens (tertiary/aromatic N) is 4. The molecule has 0 bridgehead atoms. The van der Waals surface area contributed by atoms with E-state index in [-0.39, 0.29) is 17.5 Å². The van der Waals surface area contributed by atoms with Gasteiger partial charge in [-0.15, -0.1) is 0 Å². The number of methoxy groups -OCH3 is 3. The number of piperazine rings is 1. The first-order valence-corrected chi connectivity index (χ1v) is 12.4. The first kappa shape index (κ1) is 24.8. The van der Waals surface area contributed by atoms with Gasteiger partial charge in [-0.2, -0.15) is 0 Å². The predicted molar refractivity (Wildman–Crippen MR) is 139 cm³/mol. The van der Waals surface area contributed by atoms with E-state index in [1.807, 2.05) is 19.1 Å². The van der Waals surface area contributed by atoms with Crippen molar-refractivity contribution in [3.05, 3.63) is 64.7 Å². The third-order valence-corrected chi connectivity index (χ3v) is 7.22. The molecule has 0 spiro atoms. The molecule has 0 unspecified atom stereocenters. The molecule has 5 rings (SSSR count). The van der Waals surface area contributed by atoms with Gasteiger partial charge in [0.2, 0.25) is 11.7 Å². The van der Waals surface area contributed by atoms with Crippen molar-refractivity contribution >= 4 is 17.4 Å². The third kappa shape index (κ3) is 4.77. The fraction of sp³-hybridized carbons (Fsp3) is 0.393. The lowest BCUT2D eigenvalue weighted by atomic mass is 9.81. The lowest BCUT2D eigenvalue weighted by molar-refractivity contribution is 0.0961. The molecule has 1 saturated heterocycles. The van der Waals surface area contributed by atoms with E-state index in [1.54, 1.807) is 33.5 Å². The molecule has 0 saturated carbocycles. The molecule has 1 aromatic heterocycles. The molecule has 2 aliphatic rings. The molecule has 1 fully saturated rings. The number of rotatable bonds is 6. The maximum Gasteiger partial charge on any atom is 0.225 e. The summed E-state index contributed by atoms with van der Waals surface area (Å²) in [6, 6.07) is 10.4. The summed E-state index contributed by atoms with van der Waals surface area (Å²) in [5.74, 6) is 2.04. The number of benzene rings is 2. The summed E-state index contributed by atoms with van der Waals surface area (Å²) in [6.07, 6.45) is 0.983. The van der Waals surface area contributed by atoms with E-state index in [0.29, 0.717) is 47.3 Å². The molecule has 3 aromatic rings. The Morgan fingerprint density at radius 1 is 0.865 bits per heavy atom. The molecule has 8 nitrogen and oxygen atoms in total. The number of fused-ring (bicyclic) bond motifs is 1. The number of carbonyl (C=O) groups is 1. The molecule has 37 heavy (non-hydrogen) atoms. The van der Waals surface area contributed by atoms with Gasteiger partial charge in [0, 0.05) is 38.3 Å². The quantitative estimate of drug-likeness (QED) is 0.493. The molecule has 2 aromatic carbocycles. The number of aromatic nitrogens is 2. The molecule has 0 radical (unpaired) electrons. The highest BCUT2D eigenvalue weighted by molar-refractivity contribution is 5.99. The second-order valence-corrected chi connectivity index (χ2v) is 9.37. The van der Waals surface area contributed by atoms with Crippen molar-refractivity contribution in [3.8, 4) is 17.2 Å². The van der Waals surface area contributed by atoms with Crippen LogP contribution in [0.25, 0.3) is 0 Å². The molecule has 0 amide bonds. The van der Waals surface area contributed by atoms with Gasteiger partial charge in [-0.3, -0.25) is 4.79 Å². The predicted octanol–water partition coefficient (Wildman–Crippen LogP) is 4.19. The highest BCUT2D eigenvalue weighted by atomic mass is 19.1. The zero-order valence-electron chi connectivity index (χ0n) is 21.6. The Balaban J connectivity index is 1.38. The Labute approximate surface area is 216 Å². The zero-order valence-corrected chi connectivity index (χ0v) is 21.6. The normalized spacial score (nSPS) is 17.4. The molecule has 2 heterocycles. The van der Waals surface area contributed by atoms with Gasteiger partial charge < -0.3 is 24.0 Å². The number of aryl methyl sites for hydroxylation is 1. The Kier molecular flexibility index (Phi) is 6.86. The van der Waals surface area contributed by atoms with Gasteiger partial charge in [-0.05, 0) is 61.2 Å². The summed E-state index contributed by atoms with van der Waals surface area (Å²) in [7, 11) is 4.74. The Bertz CT molecular complexity index is 1280. The number of hydrogen-bond acceptors (Lipinski definition) is 8. The van der Waals surface area contributed by atoms with Gasteiger partial charge in [-0.1, -0.05) is 0 Å². The van der Waals surface area contributed by atoms with Crippen LogP contribution in [-0.4, -0.2) is 63.3 Å². The Morgan fingerprint density at radius 3 is 2.08 bits per heavy atom. The van der Waals surface area contributed by atoms with Crippen LogP contribution in [0, 0.1) is 12.7 Å². The van der Waals surface area contributed by atoms with Gasteiger partial charge >= 0.3 is 0 Å². The molecule has 194 valence electrons. The highest BCUT2D eigenvalue weighted by Crippen LogP contribution is 2.43. The summed E-state index contributed by atoms with van der Waals surface area (Å²) in [5, 5.41) is 0. The summed E-state index contributed by atoms with van der Waals surface area (Å²) in [4.78, 5) is 27.2. The standard InChI is InChI=1S/C28H31FN4O4/c1-17-26-22(13-18(14-23(26)34)19-15-24(35-2)27(37-4)25(16-19)36-3)31-28(30-17)33-11-9-32(10-12-33)21-7-5-20(29)6-8-21/h5-8,15-16,18H,9-14H2,1-4H3/t18-/m1/s1. The van der Waals surface area contributed by atoms with Crippen LogP contribution in [0.15, 0.2) is 36.4 Å². The van der Waals surface area contributed by atoms with Gasteiger partial charge in [0.05, 0.1) is 38.3 Å². The van der Waals surface area contributed by atoms with E-state index in [9.17, 15) is 9.18 Å². The molecule has 1 atom stereocenters. The number of Topliss-reactive ketones (excluding diaryl/α,β-unsaturated/α-hetero) is 1. The first-order valence-electron chi connectivity index (χ1n) is 12.4. The van der Waals surface area contributed by atoms with E-state index in [1.165, 1.54) is 12.1 Å².